The minimum absolute atomic E-state index is 0.0354. The largest absolute Gasteiger partial charge is 0.457 e. The molecule has 0 aliphatic heterocycles. The van der Waals surface area contributed by atoms with Gasteiger partial charge in [0.15, 0.2) is 0 Å². The van der Waals surface area contributed by atoms with Gasteiger partial charge in [-0.15, -0.1) is 0 Å². The lowest BCUT2D eigenvalue weighted by Gasteiger charge is -2.25. The number of ether oxygens (including phenoxy) is 2. The number of fused-ring (bicyclic) bond motifs is 4. The van der Waals surface area contributed by atoms with Crippen LogP contribution in [0.5, 0.6) is 0 Å². The minimum atomic E-state index is -0.265. The molecule has 7 rings (SSSR count). The van der Waals surface area contributed by atoms with Crippen LogP contribution in [0.15, 0.2) is 91.0 Å². The normalized spacial score (nSPS) is 16.7. The molecule has 50 heavy (non-hydrogen) atoms. The van der Waals surface area contributed by atoms with Gasteiger partial charge in [-0.2, -0.15) is 0 Å². The molecule has 0 bridgehead atoms. The van der Waals surface area contributed by atoms with Crippen LogP contribution in [0.3, 0.4) is 0 Å². The third-order valence-corrected chi connectivity index (χ3v) is 10.1. The Labute approximate surface area is 295 Å². The second-order valence-electron chi connectivity index (χ2n) is 14.7. The molecular weight excluding hydrogens is 617 g/mol. The molecule has 2 unspecified atom stereocenters. The third kappa shape index (κ3) is 6.40. The van der Waals surface area contributed by atoms with E-state index >= 15 is 0 Å². The van der Waals surface area contributed by atoms with Gasteiger partial charge in [-0.1, -0.05) is 120 Å². The zero-order chi connectivity index (χ0) is 35.0. The van der Waals surface area contributed by atoms with Crippen molar-refractivity contribution in [1.29, 1.82) is 0 Å². The summed E-state index contributed by atoms with van der Waals surface area (Å²) >= 11 is 0. The smallest absolute Gasteiger partial charge is 0.306 e. The zero-order valence-corrected chi connectivity index (χ0v) is 29.8. The Morgan fingerprint density at radius 1 is 0.620 bits per heavy atom. The Hall–Kier alpha value is -4.96. The molecule has 2 aliphatic carbocycles. The Bertz CT molecular complexity index is 2180. The van der Waals surface area contributed by atoms with Crippen LogP contribution < -0.4 is 0 Å². The van der Waals surface area contributed by atoms with Crippen LogP contribution in [-0.2, 0) is 24.5 Å². The Balaban J connectivity index is 1.42. The van der Waals surface area contributed by atoms with Crippen molar-refractivity contribution in [3.05, 3.63) is 119 Å². The van der Waals surface area contributed by atoms with Crippen LogP contribution in [0.25, 0.3) is 56.0 Å². The van der Waals surface area contributed by atoms with E-state index in [0.29, 0.717) is 25.7 Å². The summed E-state index contributed by atoms with van der Waals surface area (Å²) in [6, 6.07) is 28.9. The standard InChI is InChI=1S/C46H46O4/c1-6-12-42(47)49-40-18-10-14-29-26-31(20-23-34(29)40)44-36-16-8-9-17-37(36)45(39-28-33(46(3,4)5)22-25-38(39)44)32-21-24-35-30(27-32)15-11-19-41(35)50-43(48)13-7-2/h8-11,14-17,20-28,40-41H,6-7,12-13,18-19H2,1-5H3. The topological polar surface area (TPSA) is 52.6 Å². The predicted octanol–water partition coefficient (Wildman–Crippen LogP) is 12.2. The van der Waals surface area contributed by atoms with E-state index < -0.39 is 0 Å². The average molecular weight is 663 g/mol. The lowest BCUT2D eigenvalue weighted by atomic mass is 9.80. The van der Waals surface area contributed by atoms with E-state index in [4.69, 9.17) is 9.47 Å². The van der Waals surface area contributed by atoms with Crippen LogP contribution in [0, 0.1) is 0 Å². The van der Waals surface area contributed by atoms with Crippen LogP contribution in [0.4, 0.5) is 0 Å². The van der Waals surface area contributed by atoms with Crippen molar-refractivity contribution in [3.8, 4) is 22.3 Å². The molecule has 0 heterocycles. The number of carbonyl (C=O) groups excluding carboxylic acids is 2. The maximum absolute atomic E-state index is 12.5. The van der Waals surface area contributed by atoms with Gasteiger partial charge in [0.1, 0.15) is 12.2 Å². The first-order chi connectivity index (χ1) is 24.2. The molecule has 0 radical (unpaired) electrons. The molecule has 0 fully saturated rings. The average Bonchev–Trinajstić information content (AvgIpc) is 3.10. The van der Waals surface area contributed by atoms with Crippen molar-refractivity contribution >= 4 is 45.6 Å². The molecule has 254 valence electrons. The number of hydrogen-bond acceptors (Lipinski definition) is 4. The second kappa shape index (κ2) is 13.7. The molecule has 0 aromatic heterocycles. The lowest BCUT2D eigenvalue weighted by molar-refractivity contribution is -0.150. The number of rotatable bonds is 8. The number of hydrogen-bond donors (Lipinski definition) is 0. The molecule has 0 amide bonds. The first kappa shape index (κ1) is 33.5. The van der Waals surface area contributed by atoms with Crippen LogP contribution in [0.1, 0.15) is 113 Å². The molecule has 0 saturated carbocycles. The third-order valence-electron chi connectivity index (χ3n) is 10.1. The van der Waals surface area contributed by atoms with Gasteiger partial charge in [0.2, 0.25) is 0 Å². The van der Waals surface area contributed by atoms with Crippen LogP contribution >= 0.6 is 0 Å². The van der Waals surface area contributed by atoms with Crippen molar-refractivity contribution in [1.82, 2.24) is 0 Å². The van der Waals surface area contributed by atoms with Gasteiger partial charge in [0, 0.05) is 36.8 Å². The van der Waals surface area contributed by atoms with Gasteiger partial charge in [-0.05, 0) is 96.9 Å². The summed E-state index contributed by atoms with van der Waals surface area (Å²) in [7, 11) is 0. The van der Waals surface area contributed by atoms with Gasteiger partial charge >= 0.3 is 11.9 Å². The molecule has 0 saturated heterocycles. The highest BCUT2D eigenvalue weighted by Crippen LogP contribution is 2.47. The van der Waals surface area contributed by atoms with Crippen LogP contribution in [-0.4, -0.2) is 11.9 Å². The Morgan fingerprint density at radius 2 is 1.10 bits per heavy atom. The van der Waals surface area contributed by atoms with E-state index in [2.05, 4.69) is 124 Å². The summed E-state index contributed by atoms with van der Waals surface area (Å²) in [4.78, 5) is 24.9. The summed E-state index contributed by atoms with van der Waals surface area (Å²) < 4.78 is 11.8. The van der Waals surface area contributed by atoms with E-state index in [9.17, 15) is 9.59 Å². The Kier molecular flexibility index (Phi) is 9.22. The van der Waals surface area contributed by atoms with Crippen molar-refractivity contribution in [2.75, 3.05) is 0 Å². The van der Waals surface area contributed by atoms with Gasteiger partial charge in [-0.25, -0.2) is 0 Å². The SMILES string of the molecule is CCCC(=O)OC1CC=Cc2cc(-c3c4ccccc4c(-c4ccc5c(c4)C=CCC5OC(=O)CCC)c4cc(C(C)(C)C)ccc34)ccc21. The monoisotopic (exact) mass is 662 g/mol. The van der Waals surface area contributed by atoms with Crippen molar-refractivity contribution in [2.24, 2.45) is 0 Å². The van der Waals surface area contributed by atoms with Gasteiger partial charge in [0.05, 0.1) is 0 Å². The predicted molar refractivity (Wildman–Crippen MR) is 206 cm³/mol. The summed E-state index contributed by atoms with van der Waals surface area (Å²) in [5.41, 5.74) is 10.2. The molecular formula is C46H46O4. The number of benzene rings is 5. The zero-order valence-electron chi connectivity index (χ0n) is 29.8. The molecule has 2 aliphatic rings. The van der Waals surface area contributed by atoms with Crippen molar-refractivity contribution in [3.63, 3.8) is 0 Å². The number of esters is 2. The summed E-state index contributed by atoms with van der Waals surface area (Å²) in [6.45, 7) is 10.8. The highest BCUT2D eigenvalue weighted by atomic mass is 16.5. The Morgan fingerprint density at radius 3 is 1.58 bits per heavy atom. The molecule has 5 aromatic rings. The quantitative estimate of drug-likeness (QED) is 0.123. The first-order valence-corrected chi connectivity index (χ1v) is 18.2. The van der Waals surface area contributed by atoms with Crippen LogP contribution in [0.2, 0.25) is 0 Å². The minimum Gasteiger partial charge on any atom is -0.457 e. The number of carbonyl (C=O) groups is 2. The fraction of sp³-hybridized carbons (Fsp3) is 0.304. The molecule has 0 N–H and O–H groups in total. The molecule has 2 atom stereocenters. The van der Waals surface area contributed by atoms with E-state index in [0.717, 1.165) is 46.2 Å². The highest BCUT2D eigenvalue weighted by molar-refractivity contribution is 6.21. The maximum atomic E-state index is 12.5. The first-order valence-electron chi connectivity index (χ1n) is 18.2. The fourth-order valence-corrected chi connectivity index (χ4v) is 7.56. The lowest BCUT2D eigenvalue weighted by Crippen LogP contribution is -2.13. The van der Waals surface area contributed by atoms with E-state index in [1.54, 1.807) is 0 Å². The second-order valence-corrected chi connectivity index (χ2v) is 14.7. The van der Waals surface area contributed by atoms with E-state index in [-0.39, 0.29) is 29.6 Å². The molecule has 4 nitrogen and oxygen atoms in total. The van der Waals surface area contributed by atoms with Gasteiger partial charge < -0.3 is 9.47 Å². The molecule has 4 heteroatoms. The van der Waals surface area contributed by atoms with Gasteiger partial charge in [0.25, 0.3) is 0 Å². The summed E-state index contributed by atoms with van der Waals surface area (Å²) in [5.74, 6) is -0.286. The van der Waals surface area contributed by atoms with Crippen molar-refractivity contribution < 1.29 is 19.1 Å². The fourth-order valence-electron chi connectivity index (χ4n) is 7.56. The molecule has 0 spiro atoms. The maximum Gasteiger partial charge on any atom is 0.306 e. The van der Waals surface area contributed by atoms with Crippen molar-refractivity contribution in [2.45, 2.75) is 90.8 Å². The highest BCUT2D eigenvalue weighted by Gasteiger charge is 2.26. The summed E-state index contributed by atoms with van der Waals surface area (Å²) in [6.07, 6.45) is 11.8. The molecule has 5 aromatic carbocycles. The van der Waals surface area contributed by atoms with E-state index in [1.807, 2.05) is 13.8 Å². The summed E-state index contributed by atoms with van der Waals surface area (Å²) in [5, 5.41) is 4.77. The van der Waals surface area contributed by atoms with E-state index in [1.165, 1.54) is 38.2 Å². The van der Waals surface area contributed by atoms with Gasteiger partial charge in [-0.3, -0.25) is 9.59 Å².